The summed E-state index contributed by atoms with van der Waals surface area (Å²) in [4.78, 5) is 22.9. The van der Waals surface area contributed by atoms with Crippen LogP contribution in [0.5, 0.6) is 0 Å². The van der Waals surface area contributed by atoms with Crippen LogP contribution in [0.15, 0.2) is 0 Å². The van der Waals surface area contributed by atoms with Crippen molar-refractivity contribution in [2.45, 2.75) is 41.5 Å². The lowest BCUT2D eigenvalue weighted by atomic mass is 9.33. The van der Waals surface area contributed by atoms with Crippen LogP contribution >= 0.6 is 0 Å². The summed E-state index contributed by atoms with van der Waals surface area (Å²) in [7, 11) is 0. The molecule has 4 heteroatoms. The molecule has 0 bridgehead atoms. The van der Waals surface area contributed by atoms with E-state index in [-0.39, 0.29) is 11.8 Å². The zero-order chi connectivity index (χ0) is 14.5. The van der Waals surface area contributed by atoms with Crippen LogP contribution in [0.2, 0.25) is 0 Å². The maximum Gasteiger partial charge on any atom is 0.307 e. The maximum atomic E-state index is 11.5. The minimum atomic E-state index is -0.989. The Morgan fingerprint density at radius 3 is 1.17 bits per heavy atom. The monoisotopic (exact) mass is 256 g/mol. The average Bonchev–Trinajstić information content (AvgIpc) is 2.21. The summed E-state index contributed by atoms with van der Waals surface area (Å²) in [6.45, 7) is 11.8. The summed E-state index contributed by atoms with van der Waals surface area (Å²) >= 11 is 0. The van der Waals surface area contributed by atoms with Crippen LogP contribution in [0.1, 0.15) is 41.5 Å². The number of rotatable bonds is 4. The second-order valence-corrected chi connectivity index (χ2v) is 6.51. The van der Waals surface area contributed by atoms with Crippen LogP contribution in [0.3, 0.4) is 0 Å². The van der Waals surface area contributed by atoms with Gasteiger partial charge in [-0.05, 0) is 22.7 Å². The Labute approximate surface area is 108 Å². The lowest BCUT2D eigenvalue weighted by Crippen LogP contribution is -2.71. The third-order valence-corrected chi connectivity index (χ3v) is 5.72. The van der Waals surface area contributed by atoms with E-state index in [4.69, 9.17) is 0 Å². The van der Waals surface area contributed by atoms with Crippen LogP contribution in [0.4, 0.5) is 0 Å². The summed E-state index contributed by atoms with van der Waals surface area (Å²) in [5.41, 5.74) is -0.980. The van der Waals surface area contributed by atoms with Crippen LogP contribution in [-0.4, -0.2) is 22.2 Å². The molecule has 1 fully saturated rings. The van der Waals surface area contributed by atoms with Gasteiger partial charge in [0.2, 0.25) is 0 Å². The normalized spacial score (nSPS) is 39.8. The molecule has 4 unspecified atom stereocenters. The van der Waals surface area contributed by atoms with Gasteiger partial charge in [-0.2, -0.15) is 0 Å². The Hall–Kier alpha value is -1.06. The van der Waals surface area contributed by atoms with E-state index in [1.807, 2.05) is 41.5 Å². The number of carboxylic acid groups (broad SMARTS) is 2. The van der Waals surface area contributed by atoms with Crippen molar-refractivity contribution in [2.75, 3.05) is 0 Å². The van der Waals surface area contributed by atoms with Crippen molar-refractivity contribution in [3.8, 4) is 0 Å². The molecule has 2 N–H and O–H groups in total. The summed E-state index contributed by atoms with van der Waals surface area (Å²) < 4.78 is 0. The Bertz CT molecular complexity index is 338. The minimum absolute atomic E-state index is 0.126. The standard InChI is InChI=1S/C14H24O4/c1-7(2)13(5)9(11(15)16)10(12(17)18)14(13,6)8(3)4/h7-10H,1-6H3,(H,15,16)(H,17,18). The molecule has 1 saturated carbocycles. The van der Waals surface area contributed by atoms with Gasteiger partial charge in [-0.15, -0.1) is 0 Å². The van der Waals surface area contributed by atoms with E-state index in [1.165, 1.54) is 0 Å². The van der Waals surface area contributed by atoms with E-state index < -0.39 is 34.6 Å². The summed E-state index contributed by atoms with van der Waals surface area (Å²) in [5, 5.41) is 18.8. The van der Waals surface area contributed by atoms with Gasteiger partial charge in [-0.25, -0.2) is 0 Å². The predicted octanol–water partition coefficient (Wildman–Crippen LogP) is 2.73. The molecule has 0 saturated heterocycles. The van der Waals surface area contributed by atoms with Crippen molar-refractivity contribution in [2.24, 2.45) is 34.5 Å². The fourth-order valence-corrected chi connectivity index (χ4v) is 4.03. The van der Waals surface area contributed by atoms with Crippen LogP contribution in [0.25, 0.3) is 0 Å². The smallest absolute Gasteiger partial charge is 0.307 e. The molecule has 104 valence electrons. The number of carbonyl (C=O) groups is 2. The van der Waals surface area contributed by atoms with E-state index in [0.29, 0.717) is 0 Å². The first kappa shape index (κ1) is 15.0. The SMILES string of the molecule is CC(C)C1(C)C(C(=O)O)C(C(=O)O)C1(C)C(C)C. The molecule has 1 rings (SSSR count). The topological polar surface area (TPSA) is 74.6 Å². The fourth-order valence-electron chi connectivity index (χ4n) is 4.03. The predicted molar refractivity (Wildman–Crippen MR) is 68.1 cm³/mol. The molecule has 0 aromatic carbocycles. The van der Waals surface area contributed by atoms with Gasteiger partial charge in [-0.3, -0.25) is 9.59 Å². The molecule has 0 aliphatic heterocycles. The van der Waals surface area contributed by atoms with E-state index >= 15 is 0 Å². The van der Waals surface area contributed by atoms with Crippen molar-refractivity contribution >= 4 is 11.9 Å². The summed E-state index contributed by atoms with van der Waals surface area (Å²) in [6.07, 6.45) is 0. The number of carboxylic acids is 2. The Morgan fingerprint density at radius 2 is 1.06 bits per heavy atom. The quantitative estimate of drug-likeness (QED) is 0.811. The molecule has 1 aliphatic rings. The number of aliphatic carboxylic acids is 2. The highest BCUT2D eigenvalue weighted by Gasteiger charge is 2.73. The third-order valence-electron chi connectivity index (χ3n) is 5.72. The maximum absolute atomic E-state index is 11.5. The van der Waals surface area contributed by atoms with Crippen molar-refractivity contribution in [3.63, 3.8) is 0 Å². The van der Waals surface area contributed by atoms with Gasteiger partial charge < -0.3 is 10.2 Å². The van der Waals surface area contributed by atoms with Gasteiger partial charge in [0.15, 0.2) is 0 Å². The molecular weight excluding hydrogens is 232 g/mol. The summed E-state index contributed by atoms with van der Waals surface area (Å²) in [6, 6.07) is 0. The average molecular weight is 256 g/mol. The number of hydrogen-bond donors (Lipinski definition) is 2. The van der Waals surface area contributed by atoms with Crippen LogP contribution in [0, 0.1) is 34.5 Å². The highest BCUT2D eigenvalue weighted by Crippen LogP contribution is 2.70. The lowest BCUT2D eigenvalue weighted by molar-refractivity contribution is -0.246. The number of hydrogen-bond acceptors (Lipinski definition) is 2. The van der Waals surface area contributed by atoms with Gasteiger partial charge in [-0.1, -0.05) is 41.5 Å². The van der Waals surface area contributed by atoms with Gasteiger partial charge in [0.25, 0.3) is 0 Å². The zero-order valence-corrected chi connectivity index (χ0v) is 12.0. The Morgan fingerprint density at radius 1 is 0.833 bits per heavy atom. The zero-order valence-electron chi connectivity index (χ0n) is 12.0. The van der Waals surface area contributed by atoms with Gasteiger partial charge >= 0.3 is 11.9 Å². The van der Waals surface area contributed by atoms with Gasteiger partial charge in [0.1, 0.15) is 0 Å². The van der Waals surface area contributed by atoms with Gasteiger partial charge in [0, 0.05) is 0 Å². The summed E-state index contributed by atoms with van der Waals surface area (Å²) in [5.74, 6) is -3.33. The molecular formula is C14H24O4. The minimum Gasteiger partial charge on any atom is -0.481 e. The second-order valence-electron chi connectivity index (χ2n) is 6.51. The second kappa shape index (κ2) is 4.25. The largest absolute Gasteiger partial charge is 0.481 e. The third kappa shape index (κ3) is 1.50. The fraction of sp³-hybridized carbons (Fsp3) is 0.857. The first-order valence-corrected chi connectivity index (χ1v) is 6.48. The molecule has 18 heavy (non-hydrogen) atoms. The molecule has 1 aliphatic carbocycles. The first-order chi connectivity index (χ1) is 8.02. The van der Waals surface area contributed by atoms with Crippen molar-refractivity contribution in [1.82, 2.24) is 0 Å². The molecule has 4 atom stereocenters. The molecule has 0 radical (unpaired) electrons. The molecule has 4 nitrogen and oxygen atoms in total. The lowest BCUT2D eigenvalue weighted by Gasteiger charge is -2.68. The first-order valence-electron chi connectivity index (χ1n) is 6.48. The molecule has 0 amide bonds. The van der Waals surface area contributed by atoms with Crippen LogP contribution in [-0.2, 0) is 9.59 Å². The van der Waals surface area contributed by atoms with E-state index in [9.17, 15) is 19.8 Å². The Balaban J connectivity index is 3.38. The van der Waals surface area contributed by atoms with Gasteiger partial charge in [0.05, 0.1) is 11.8 Å². The molecule has 0 aromatic heterocycles. The van der Waals surface area contributed by atoms with E-state index in [2.05, 4.69) is 0 Å². The van der Waals surface area contributed by atoms with E-state index in [0.717, 1.165) is 0 Å². The van der Waals surface area contributed by atoms with Crippen LogP contribution < -0.4 is 0 Å². The van der Waals surface area contributed by atoms with Crippen molar-refractivity contribution < 1.29 is 19.8 Å². The molecule has 0 aromatic rings. The molecule has 0 heterocycles. The van der Waals surface area contributed by atoms with Crippen molar-refractivity contribution in [1.29, 1.82) is 0 Å². The Kier molecular flexibility index (Phi) is 3.54. The van der Waals surface area contributed by atoms with E-state index in [1.54, 1.807) is 0 Å². The highest BCUT2D eigenvalue weighted by molar-refractivity contribution is 5.84. The van der Waals surface area contributed by atoms with Crippen molar-refractivity contribution in [3.05, 3.63) is 0 Å². The highest BCUT2D eigenvalue weighted by atomic mass is 16.4. The molecule has 0 spiro atoms.